The fourth-order valence-corrected chi connectivity index (χ4v) is 4.66. The van der Waals surface area contributed by atoms with Gasteiger partial charge in [0.1, 0.15) is 16.9 Å². The van der Waals surface area contributed by atoms with E-state index in [0.29, 0.717) is 23.1 Å². The van der Waals surface area contributed by atoms with Crippen molar-refractivity contribution in [3.8, 4) is 0 Å². The van der Waals surface area contributed by atoms with Crippen LogP contribution in [0.4, 0.5) is 4.39 Å². The van der Waals surface area contributed by atoms with Crippen molar-refractivity contribution in [2.75, 3.05) is 5.75 Å². The Labute approximate surface area is 163 Å². The molecule has 0 saturated carbocycles. The van der Waals surface area contributed by atoms with Gasteiger partial charge >= 0.3 is 0 Å². The second-order valence-electron chi connectivity index (χ2n) is 6.78. The highest BCUT2D eigenvalue weighted by atomic mass is 32.2. The van der Waals surface area contributed by atoms with Gasteiger partial charge < -0.3 is 4.57 Å². The monoisotopic (exact) mass is 393 g/mol. The Bertz CT molecular complexity index is 1290. The normalized spacial score (nSPS) is 13.8. The number of benzene rings is 2. The third-order valence-corrected chi connectivity index (χ3v) is 6.12. The molecule has 1 aliphatic heterocycles. The van der Waals surface area contributed by atoms with Crippen molar-refractivity contribution in [2.45, 2.75) is 24.7 Å². The molecule has 0 amide bonds. The molecular formula is C21H16FN3O2S. The van der Waals surface area contributed by atoms with E-state index in [4.69, 9.17) is 4.98 Å². The molecule has 1 aliphatic rings. The SMILES string of the molecule is O=C(Cn1c2ccccc2c2nc3n(c(=O)c21)CCCS3)c1ccc(F)cc1. The van der Waals surface area contributed by atoms with Gasteiger partial charge in [0.05, 0.1) is 12.1 Å². The van der Waals surface area contributed by atoms with Crippen LogP contribution in [-0.2, 0) is 13.1 Å². The van der Waals surface area contributed by atoms with Crippen molar-refractivity contribution in [3.05, 3.63) is 70.3 Å². The molecule has 0 atom stereocenters. The van der Waals surface area contributed by atoms with Crippen LogP contribution in [0.25, 0.3) is 21.9 Å². The van der Waals surface area contributed by atoms with Gasteiger partial charge in [0.15, 0.2) is 10.9 Å². The second-order valence-corrected chi connectivity index (χ2v) is 7.85. The molecule has 3 heterocycles. The molecule has 2 aromatic carbocycles. The number of ketones is 1. The number of fused-ring (bicyclic) bond motifs is 4. The highest BCUT2D eigenvalue weighted by Gasteiger charge is 2.22. The van der Waals surface area contributed by atoms with Crippen LogP contribution in [0.2, 0.25) is 0 Å². The minimum absolute atomic E-state index is 0.000937. The highest BCUT2D eigenvalue weighted by molar-refractivity contribution is 7.99. The maximum atomic E-state index is 13.3. The summed E-state index contributed by atoms with van der Waals surface area (Å²) < 4.78 is 16.6. The van der Waals surface area contributed by atoms with E-state index < -0.39 is 0 Å². The van der Waals surface area contributed by atoms with Gasteiger partial charge in [-0.1, -0.05) is 30.0 Å². The summed E-state index contributed by atoms with van der Waals surface area (Å²) in [6.45, 7) is 0.636. The van der Waals surface area contributed by atoms with Crippen LogP contribution in [-0.4, -0.2) is 25.7 Å². The van der Waals surface area contributed by atoms with Gasteiger partial charge in [0, 0.05) is 23.2 Å². The Hall–Kier alpha value is -2.93. The van der Waals surface area contributed by atoms with Gasteiger partial charge in [0.25, 0.3) is 5.56 Å². The van der Waals surface area contributed by atoms with Crippen molar-refractivity contribution < 1.29 is 9.18 Å². The minimum Gasteiger partial charge on any atom is -0.327 e. The lowest BCUT2D eigenvalue weighted by Gasteiger charge is -2.16. The van der Waals surface area contributed by atoms with E-state index >= 15 is 0 Å². The number of aromatic nitrogens is 3. The predicted octanol–water partition coefficient (Wildman–Crippen LogP) is 3.87. The maximum absolute atomic E-state index is 13.3. The third kappa shape index (κ3) is 2.65. The zero-order chi connectivity index (χ0) is 19.3. The molecule has 0 unspecified atom stereocenters. The molecule has 5 nitrogen and oxygen atoms in total. The average molecular weight is 393 g/mol. The molecule has 0 saturated heterocycles. The summed E-state index contributed by atoms with van der Waals surface area (Å²) in [6, 6.07) is 13.1. The molecule has 7 heteroatoms. The zero-order valence-corrected chi connectivity index (χ0v) is 15.7. The molecule has 0 spiro atoms. The number of Topliss-reactive ketones (excluding diaryl/α,β-unsaturated/α-hetero) is 1. The number of rotatable bonds is 3. The molecule has 0 bridgehead atoms. The quantitative estimate of drug-likeness (QED) is 0.392. The number of nitrogens with zero attached hydrogens (tertiary/aromatic N) is 3. The molecule has 140 valence electrons. The number of hydrogen-bond donors (Lipinski definition) is 0. The standard InChI is InChI=1S/C21H16FN3O2S/c22-14-8-6-13(7-9-14)17(26)12-25-16-5-2-1-4-15(16)18-19(25)20(27)24-10-3-11-28-21(24)23-18/h1-2,4-9H,3,10-12H2. The Morgan fingerprint density at radius 3 is 2.75 bits per heavy atom. The maximum Gasteiger partial charge on any atom is 0.278 e. The molecule has 0 aliphatic carbocycles. The number of para-hydroxylation sites is 1. The first kappa shape index (κ1) is 17.2. The Balaban J connectivity index is 1.73. The summed E-state index contributed by atoms with van der Waals surface area (Å²) in [4.78, 5) is 30.8. The Morgan fingerprint density at radius 2 is 1.93 bits per heavy atom. The van der Waals surface area contributed by atoms with E-state index in [1.54, 1.807) is 20.9 Å². The summed E-state index contributed by atoms with van der Waals surface area (Å²) in [7, 11) is 0. The Kier molecular flexibility index (Phi) is 4.05. The lowest BCUT2D eigenvalue weighted by Crippen LogP contribution is -2.28. The zero-order valence-electron chi connectivity index (χ0n) is 14.9. The summed E-state index contributed by atoms with van der Waals surface area (Å²) >= 11 is 1.59. The summed E-state index contributed by atoms with van der Waals surface area (Å²) in [5.74, 6) is 0.374. The predicted molar refractivity (Wildman–Crippen MR) is 108 cm³/mol. The third-order valence-electron chi connectivity index (χ3n) is 5.06. The average Bonchev–Trinajstić information content (AvgIpc) is 3.03. The van der Waals surface area contributed by atoms with Crippen molar-refractivity contribution >= 4 is 39.5 Å². The molecule has 0 N–H and O–H groups in total. The van der Waals surface area contributed by atoms with Gasteiger partial charge in [-0.25, -0.2) is 9.37 Å². The van der Waals surface area contributed by atoms with Gasteiger partial charge in [-0.05, 0) is 36.8 Å². The number of carbonyl (C=O) groups is 1. The van der Waals surface area contributed by atoms with E-state index in [-0.39, 0.29) is 23.7 Å². The number of halogens is 1. The van der Waals surface area contributed by atoms with Crippen molar-refractivity contribution in [3.63, 3.8) is 0 Å². The molecule has 5 rings (SSSR count). The van der Waals surface area contributed by atoms with Crippen molar-refractivity contribution in [1.29, 1.82) is 0 Å². The second kappa shape index (κ2) is 6.60. The lowest BCUT2D eigenvalue weighted by atomic mass is 10.1. The fourth-order valence-electron chi connectivity index (χ4n) is 3.71. The highest BCUT2D eigenvalue weighted by Crippen LogP contribution is 2.29. The van der Waals surface area contributed by atoms with Gasteiger partial charge in [0.2, 0.25) is 0 Å². The first-order valence-electron chi connectivity index (χ1n) is 9.07. The topological polar surface area (TPSA) is 56.9 Å². The number of hydrogen-bond acceptors (Lipinski definition) is 4. The summed E-state index contributed by atoms with van der Waals surface area (Å²) in [6.07, 6.45) is 0.916. The lowest BCUT2D eigenvalue weighted by molar-refractivity contribution is 0.0974. The number of thioether (sulfide) groups is 1. The first-order valence-corrected chi connectivity index (χ1v) is 10.1. The first-order chi connectivity index (χ1) is 13.6. The van der Waals surface area contributed by atoms with E-state index in [0.717, 1.165) is 28.2 Å². The summed E-state index contributed by atoms with van der Waals surface area (Å²) in [5.41, 5.74) is 2.17. The summed E-state index contributed by atoms with van der Waals surface area (Å²) in [5, 5.41) is 1.59. The van der Waals surface area contributed by atoms with Crippen LogP contribution in [0, 0.1) is 5.82 Å². The van der Waals surface area contributed by atoms with E-state index in [9.17, 15) is 14.0 Å². The molecule has 0 radical (unpaired) electrons. The van der Waals surface area contributed by atoms with Crippen LogP contribution in [0.5, 0.6) is 0 Å². The van der Waals surface area contributed by atoms with Crippen LogP contribution < -0.4 is 5.56 Å². The van der Waals surface area contributed by atoms with Gasteiger partial charge in [-0.2, -0.15) is 0 Å². The van der Waals surface area contributed by atoms with Crippen molar-refractivity contribution in [2.24, 2.45) is 0 Å². The molecule has 2 aromatic heterocycles. The van der Waals surface area contributed by atoms with Gasteiger partial charge in [-0.3, -0.25) is 14.2 Å². The molecule has 4 aromatic rings. The number of carbonyl (C=O) groups excluding carboxylic acids is 1. The van der Waals surface area contributed by atoms with Gasteiger partial charge in [-0.15, -0.1) is 0 Å². The smallest absolute Gasteiger partial charge is 0.278 e. The molecule has 0 fully saturated rings. The van der Waals surface area contributed by atoms with Crippen LogP contribution in [0.1, 0.15) is 16.8 Å². The Morgan fingerprint density at radius 1 is 1.14 bits per heavy atom. The van der Waals surface area contributed by atoms with Crippen molar-refractivity contribution in [1.82, 2.24) is 14.1 Å². The molecular weight excluding hydrogens is 377 g/mol. The van der Waals surface area contributed by atoms with Crippen LogP contribution in [0.3, 0.4) is 0 Å². The van der Waals surface area contributed by atoms with Crippen LogP contribution >= 0.6 is 11.8 Å². The van der Waals surface area contributed by atoms with E-state index in [1.807, 2.05) is 24.3 Å². The largest absolute Gasteiger partial charge is 0.327 e. The van der Waals surface area contributed by atoms with Crippen LogP contribution in [0.15, 0.2) is 58.5 Å². The minimum atomic E-state index is -0.389. The van der Waals surface area contributed by atoms with E-state index in [1.165, 1.54) is 24.3 Å². The molecule has 28 heavy (non-hydrogen) atoms. The fraction of sp³-hybridized carbons (Fsp3) is 0.190. The van der Waals surface area contributed by atoms with E-state index in [2.05, 4.69) is 0 Å².